The highest BCUT2D eigenvalue weighted by molar-refractivity contribution is 5.94. The van der Waals surface area contributed by atoms with Crippen LogP contribution in [0.25, 0.3) is 0 Å². The summed E-state index contributed by atoms with van der Waals surface area (Å²) in [5, 5.41) is 8.05. The second kappa shape index (κ2) is 7.79. The highest BCUT2D eigenvalue weighted by Gasteiger charge is 2.17. The lowest BCUT2D eigenvalue weighted by molar-refractivity contribution is -0.117. The SMILES string of the molecule is CNC(=O)Nc1cccc(NC(=O)CN2CCC(C)CC2)c1. The molecule has 1 aromatic rings. The van der Waals surface area contributed by atoms with Gasteiger partial charge in [-0.3, -0.25) is 9.69 Å². The van der Waals surface area contributed by atoms with Crippen LogP contribution >= 0.6 is 0 Å². The van der Waals surface area contributed by atoms with Crippen molar-refractivity contribution < 1.29 is 9.59 Å². The van der Waals surface area contributed by atoms with Crippen LogP contribution < -0.4 is 16.0 Å². The molecule has 0 unspecified atom stereocenters. The van der Waals surface area contributed by atoms with Gasteiger partial charge in [0.1, 0.15) is 0 Å². The third-order valence-corrected chi connectivity index (χ3v) is 3.87. The van der Waals surface area contributed by atoms with Gasteiger partial charge in [0.15, 0.2) is 0 Å². The topological polar surface area (TPSA) is 73.5 Å². The molecule has 2 rings (SSSR count). The Labute approximate surface area is 131 Å². The predicted molar refractivity (Wildman–Crippen MR) is 88.0 cm³/mol. The van der Waals surface area contributed by atoms with Gasteiger partial charge in [0, 0.05) is 18.4 Å². The zero-order valence-electron chi connectivity index (χ0n) is 13.2. The van der Waals surface area contributed by atoms with Crippen molar-refractivity contribution in [3.63, 3.8) is 0 Å². The molecule has 22 heavy (non-hydrogen) atoms. The van der Waals surface area contributed by atoms with Crippen molar-refractivity contribution in [2.75, 3.05) is 37.3 Å². The number of likely N-dealkylation sites (tertiary alicyclic amines) is 1. The van der Waals surface area contributed by atoms with Gasteiger partial charge in [-0.15, -0.1) is 0 Å². The largest absolute Gasteiger partial charge is 0.341 e. The number of urea groups is 1. The van der Waals surface area contributed by atoms with Crippen LogP contribution in [0.3, 0.4) is 0 Å². The molecular weight excluding hydrogens is 280 g/mol. The zero-order chi connectivity index (χ0) is 15.9. The van der Waals surface area contributed by atoms with Crippen LogP contribution in [0, 0.1) is 5.92 Å². The first-order chi connectivity index (χ1) is 10.6. The van der Waals surface area contributed by atoms with Crippen molar-refractivity contribution in [2.45, 2.75) is 19.8 Å². The first-order valence-corrected chi connectivity index (χ1v) is 7.68. The van der Waals surface area contributed by atoms with Crippen LogP contribution in [-0.4, -0.2) is 43.5 Å². The Hall–Kier alpha value is -2.08. The summed E-state index contributed by atoms with van der Waals surface area (Å²) in [5.74, 6) is 0.735. The summed E-state index contributed by atoms with van der Waals surface area (Å²) in [5.41, 5.74) is 1.33. The average molecular weight is 304 g/mol. The van der Waals surface area contributed by atoms with E-state index in [4.69, 9.17) is 0 Å². The van der Waals surface area contributed by atoms with Crippen molar-refractivity contribution >= 4 is 23.3 Å². The van der Waals surface area contributed by atoms with Crippen LogP contribution in [-0.2, 0) is 4.79 Å². The molecule has 1 saturated heterocycles. The Bertz CT molecular complexity index is 525. The monoisotopic (exact) mass is 304 g/mol. The number of hydrogen-bond donors (Lipinski definition) is 3. The highest BCUT2D eigenvalue weighted by atomic mass is 16.2. The molecule has 0 aliphatic carbocycles. The van der Waals surface area contributed by atoms with Crippen molar-refractivity contribution in [1.29, 1.82) is 0 Å². The molecule has 0 aromatic heterocycles. The van der Waals surface area contributed by atoms with Gasteiger partial charge in [-0.05, 0) is 50.0 Å². The van der Waals surface area contributed by atoms with Gasteiger partial charge >= 0.3 is 6.03 Å². The van der Waals surface area contributed by atoms with Crippen molar-refractivity contribution in [2.24, 2.45) is 5.92 Å². The second-order valence-electron chi connectivity index (χ2n) is 5.79. The lowest BCUT2D eigenvalue weighted by atomic mass is 9.99. The minimum Gasteiger partial charge on any atom is -0.341 e. The van der Waals surface area contributed by atoms with E-state index in [-0.39, 0.29) is 11.9 Å². The number of benzene rings is 1. The lowest BCUT2D eigenvalue weighted by Crippen LogP contribution is -2.38. The molecule has 0 spiro atoms. The maximum atomic E-state index is 12.1. The molecule has 0 radical (unpaired) electrons. The van der Waals surface area contributed by atoms with E-state index in [0.717, 1.165) is 31.8 Å². The van der Waals surface area contributed by atoms with E-state index < -0.39 is 0 Å². The fourth-order valence-corrected chi connectivity index (χ4v) is 2.49. The van der Waals surface area contributed by atoms with E-state index in [1.165, 1.54) is 0 Å². The van der Waals surface area contributed by atoms with E-state index >= 15 is 0 Å². The summed E-state index contributed by atoms with van der Waals surface area (Å²) in [6.45, 7) is 4.63. The summed E-state index contributed by atoms with van der Waals surface area (Å²) < 4.78 is 0. The fourth-order valence-electron chi connectivity index (χ4n) is 2.49. The number of nitrogens with zero attached hydrogens (tertiary/aromatic N) is 1. The summed E-state index contributed by atoms with van der Waals surface area (Å²) in [4.78, 5) is 25.6. The Kier molecular flexibility index (Phi) is 5.77. The molecule has 1 fully saturated rings. The first-order valence-electron chi connectivity index (χ1n) is 7.68. The number of nitrogens with one attached hydrogen (secondary N) is 3. The van der Waals surface area contributed by atoms with Crippen LogP contribution in [0.4, 0.5) is 16.2 Å². The summed E-state index contributed by atoms with van der Waals surface area (Å²) in [7, 11) is 1.56. The standard InChI is InChI=1S/C16H24N4O2/c1-12-6-8-20(9-7-12)11-15(21)18-13-4-3-5-14(10-13)19-16(22)17-2/h3-5,10,12H,6-9,11H2,1-2H3,(H,18,21)(H2,17,19,22). The van der Waals surface area contributed by atoms with Crippen LogP contribution in [0.15, 0.2) is 24.3 Å². The number of piperidine rings is 1. The second-order valence-corrected chi connectivity index (χ2v) is 5.79. The van der Waals surface area contributed by atoms with Gasteiger partial charge < -0.3 is 16.0 Å². The molecule has 6 heteroatoms. The molecule has 1 aliphatic heterocycles. The van der Waals surface area contributed by atoms with Gasteiger partial charge in [0.25, 0.3) is 0 Å². The number of amides is 3. The van der Waals surface area contributed by atoms with Gasteiger partial charge in [-0.2, -0.15) is 0 Å². The van der Waals surface area contributed by atoms with Crippen molar-refractivity contribution in [3.05, 3.63) is 24.3 Å². The van der Waals surface area contributed by atoms with E-state index in [1.807, 2.05) is 6.07 Å². The third-order valence-electron chi connectivity index (χ3n) is 3.87. The quantitative estimate of drug-likeness (QED) is 0.797. The zero-order valence-corrected chi connectivity index (χ0v) is 13.2. The Morgan fingerprint density at radius 2 is 1.82 bits per heavy atom. The minimum atomic E-state index is -0.286. The summed E-state index contributed by atoms with van der Waals surface area (Å²) in [6, 6.07) is 6.84. The maximum Gasteiger partial charge on any atom is 0.318 e. The number of hydrogen-bond acceptors (Lipinski definition) is 3. The van der Waals surface area contributed by atoms with E-state index in [0.29, 0.717) is 17.9 Å². The number of rotatable bonds is 4. The van der Waals surface area contributed by atoms with Gasteiger partial charge in [0.2, 0.25) is 5.91 Å². The summed E-state index contributed by atoms with van der Waals surface area (Å²) in [6.07, 6.45) is 2.30. The van der Waals surface area contributed by atoms with Crippen LogP contribution in [0.2, 0.25) is 0 Å². The first kappa shape index (κ1) is 16.3. The Morgan fingerprint density at radius 1 is 1.18 bits per heavy atom. The number of carbonyl (C=O) groups excluding carboxylic acids is 2. The van der Waals surface area contributed by atoms with Crippen LogP contribution in [0.5, 0.6) is 0 Å². The molecule has 0 bridgehead atoms. The van der Waals surface area contributed by atoms with Gasteiger partial charge in [0.05, 0.1) is 6.54 Å². The average Bonchev–Trinajstić information content (AvgIpc) is 2.49. The number of carbonyl (C=O) groups is 2. The third kappa shape index (κ3) is 5.04. The normalized spacial score (nSPS) is 16.1. The highest BCUT2D eigenvalue weighted by Crippen LogP contribution is 2.17. The smallest absolute Gasteiger partial charge is 0.318 e. The van der Waals surface area contributed by atoms with E-state index in [2.05, 4.69) is 27.8 Å². The molecule has 1 aromatic carbocycles. The van der Waals surface area contributed by atoms with E-state index in [1.54, 1.807) is 25.2 Å². The van der Waals surface area contributed by atoms with Crippen molar-refractivity contribution in [1.82, 2.24) is 10.2 Å². The molecule has 3 amide bonds. The maximum absolute atomic E-state index is 12.1. The molecule has 6 nitrogen and oxygen atoms in total. The van der Waals surface area contributed by atoms with Crippen molar-refractivity contribution in [3.8, 4) is 0 Å². The van der Waals surface area contributed by atoms with E-state index in [9.17, 15) is 9.59 Å². The molecule has 1 aliphatic rings. The predicted octanol–water partition coefficient (Wildman–Crippen LogP) is 2.11. The number of anilines is 2. The molecule has 1 heterocycles. The molecule has 3 N–H and O–H groups in total. The van der Waals surface area contributed by atoms with Crippen LogP contribution in [0.1, 0.15) is 19.8 Å². The lowest BCUT2D eigenvalue weighted by Gasteiger charge is -2.29. The fraction of sp³-hybridized carbons (Fsp3) is 0.500. The Morgan fingerprint density at radius 3 is 2.45 bits per heavy atom. The minimum absolute atomic E-state index is 0.0216. The molecular formula is C16H24N4O2. The Balaban J connectivity index is 1.86. The van der Waals surface area contributed by atoms with Gasteiger partial charge in [-0.25, -0.2) is 4.79 Å². The van der Waals surface area contributed by atoms with Gasteiger partial charge in [-0.1, -0.05) is 13.0 Å². The summed E-state index contributed by atoms with van der Waals surface area (Å²) >= 11 is 0. The molecule has 0 atom stereocenters. The molecule has 0 saturated carbocycles. The molecule has 120 valence electrons.